The zero-order valence-corrected chi connectivity index (χ0v) is 14.3. The first-order valence-electron chi connectivity index (χ1n) is 7.77. The molecule has 0 bridgehead atoms. The Labute approximate surface area is 133 Å². The van der Waals surface area contributed by atoms with Gasteiger partial charge in [-0.25, -0.2) is 0 Å². The first-order chi connectivity index (χ1) is 10.5. The van der Waals surface area contributed by atoms with Crippen molar-refractivity contribution in [1.29, 1.82) is 0 Å². The van der Waals surface area contributed by atoms with Crippen LogP contribution in [0.5, 0.6) is 0 Å². The van der Waals surface area contributed by atoms with Crippen molar-refractivity contribution in [3.63, 3.8) is 0 Å². The molecule has 2 N–H and O–H groups in total. The van der Waals surface area contributed by atoms with E-state index in [-0.39, 0.29) is 11.9 Å². The molecule has 0 rings (SSSR count). The number of hydrogen-bond donors (Lipinski definition) is 2. The first kappa shape index (κ1) is 20.6. The van der Waals surface area contributed by atoms with Crippen LogP contribution in [0.4, 0.5) is 0 Å². The number of nitrogens with one attached hydrogen (secondary N) is 2. The van der Waals surface area contributed by atoms with Crippen LogP contribution in [-0.4, -0.2) is 52.3 Å². The minimum Gasteiger partial charge on any atom is -0.465 e. The topological polar surface area (TPSA) is 76.7 Å². The average Bonchev–Trinajstić information content (AvgIpc) is 2.50. The Morgan fingerprint density at radius 1 is 0.727 bits per heavy atom. The molecule has 0 aliphatic heterocycles. The van der Waals surface area contributed by atoms with E-state index in [2.05, 4.69) is 10.6 Å². The van der Waals surface area contributed by atoms with Gasteiger partial charge >= 0.3 is 11.9 Å². The zero-order valence-electron chi connectivity index (χ0n) is 14.3. The molecule has 0 heterocycles. The third-order valence-corrected chi connectivity index (χ3v) is 3.37. The summed E-state index contributed by atoms with van der Waals surface area (Å²) in [6, 6.07) is 0. The van der Waals surface area contributed by atoms with Gasteiger partial charge in [-0.1, -0.05) is 11.1 Å². The molecule has 0 fully saturated rings. The number of rotatable bonds is 12. The molecule has 0 atom stereocenters. The summed E-state index contributed by atoms with van der Waals surface area (Å²) in [5, 5.41) is 5.81. The fourth-order valence-electron chi connectivity index (χ4n) is 1.66. The average molecular weight is 314 g/mol. The number of esters is 2. The lowest BCUT2D eigenvalue weighted by molar-refractivity contribution is -0.144. The van der Waals surface area contributed by atoms with E-state index in [1.54, 1.807) is 14.1 Å². The largest absolute Gasteiger partial charge is 0.465 e. The van der Waals surface area contributed by atoms with Gasteiger partial charge in [-0.2, -0.15) is 0 Å². The molecule has 22 heavy (non-hydrogen) atoms. The number of carbonyl (C=O) groups is 2. The van der Waals surface area contributed by atoms with Gasteiger partial charge in [0.2, 0.25) is 0 Å². The van der Waals surface area contributed by atoms with Crippen LogP contribution in [0.2, 0.25) is 0 Å². The van der Waals surface area contributed by atoms with E-state index < -0.39 is 0 Å². The quantitative estimate of drug-likeness (QED) is 0.419. The lowest BCUT2D eigenvalue weighted by Crippen LogP contribution is -2.16. The van der Waals surface area contributed by atoms with E-state index in [9.17, 15) is 9.59 Å². The second-order valence-corrected chi connectivity index (χ2v) is 5.21. The van der Waals surface area contributed by atoms with E-state index in [1.807, 2.05) is 13.8 Å². The van der Waals surface area contributed by atoms with Crippen LogP contribution in [0, 0.1) is 0 Å². The number of hydrogen-bond acceptors (Lipinski definition) is 6. The van der Waals surface area contributed by atoms with Crippen molar-refractivity contribution in [3.8, 4) is 0 Å². The van der Waals surface area contributed by atoms with Crippen LogP contribution in [0.15, 0.2) is 11.1 Å². The van der Waals surface area contributed by atoms with Crippen LogP contribution in [0.25, 0.3) is 0 Å². The normalized spacial score (nSPS) is 11.8. The molecule has 0 spiro atoms. The van der Waals surface area contributed by atoms with E-state index in [0.29, 0.717) is 52.0 Å². The van der Waals surface area contributed by atoms with Gasteiger partial charge in [-0.3, -0.25) is 9.59 Å². The van der Waals surface area contributed by atoms with Crippen molar-refractivity contribution in [2.75, 3.05) is 40.4 Å². The highest BCUT2D eigenvalue weighted by Gasteiger charge is 2.05. The molecule has 0 aromatic rings. The summed E-state index contributed by atoms with van der Waals surface area (Å²) in [7, 11) is 3.60. The molecule has 0 amide bonds. The predicted octanol–water partition coefficient (Wildman–Crippen LogP) is 1.41. The van der Waals surface area contributed by atoms with Gasteiger partial charge in [0.15, 0.2) is 0 Å². The minimum atomic E-state index is -0.182. The van der Waals surface area contributed by atoms with Gasteiger partial charge in [-0.15, -0.1) is 0 Å². The summed E-state index contributed by atoms with van der Waals surface area (Å²) in [6.45, 7) is 6.08. The summed E-state index contributed by atoms with van der Waals surface area (Å²) in [5.74, 6) is -0.364. The Hall–Kier alpha value is -1.40. The van der Waals surface area contributed by atoms with Gasteiger partial charge in [0, 0.05) is 25.9 Å². The van der Waals surface area contributed by atoms with Crippen LogP contribution < -0.4 is 10.6 Å². The van der Waals surface area contributed by atoms with Gasteiger partial charge in [-0.05, 0) is 27.9 Å². The van der Waals surface area contributed by atoms with Gasteiger partial charge in [0.1, 0.15) is 0 Å². The molecule has 0 aliphatic carbocycles. The van der Waals surface area contributed by atoms with Crippen molar-refractivity contribution in [3.05, 3.63) is 11.1 Å². The Bertz CT molecular complexity index is 333. The first-order valence-corrected chi connectivity index (χ1v) is 7.77. The fourth-order valence-corrected chi connectivity index (χ4v) is 1.66. The summed E-state index contributed by atoms with van der Waals surface area (Å²) < 4.78 is 10.3. The molecule has 0 aliphatic rings. The van der Waals surface area contributed by atoms with Gasteiger partial charge in [0.25, 0.3) is 0 Å². The smallest absolute Gasteiger partial charge is 0.307 e. The zero-order chi connectivity index (χ0) is 16.8. The number of carbonyl (C=O) groups excluding carboxylic acids is 2. The monoisotopic (exact) mass is 314 g/mol. The highest BCUT2D eigenvalue weighted by molar-refractivity contribution is 5.69. The Kier molecular flexibility index (Phi) is 12.4. The Balaban J connectivity index is 3.86. The van der Waals surface area contributed by atoms with Gasteiger partial charge in [0.05, 0.1) is 26.1 Å². The molecular formula is C16H30N2O4. The molecule has 0 radical (unpaired) electrons. The van der Waals surface area contributed by atoms with Crippen molar-refractivity contribution in [1.82, 2.24) is 10.6 Å². The summed E-state index contributed by atoms with van der Waals surface area (Å²) in [4.78, 5) is 22.7. The Morgan fingerprint density at radius 2 is 1.09 bits per heavy atom. The Morgan fingerprint density at radius 3 is 1.41 bits per heavy atom. The van der Waals surface area contributed by atoms with Crippen LogP contribution in [0.3, 0.4) is 0 Å². The second kappa shape index (κ2) is 13.3. The third kappa shape index (κ3) is 11.3. The lowest BCUT2D eigenvalue weighted by Gasteiger charge is -2.10. The van der Waals surface area contributed by atoms with Gasteiger partial charge < -0.3 is 20.1 Å². The molecule has 128 valence electrons. The summed E-state index contributed by atoms with van der Waals surface area (Å²) >= 11 is 0. The molecular weight excluding hydrogens is 284 g/mol. The minimum absolute atomic E-state index is 0.182. The molecule has 6 heteroatoms. The molecule has 0 aromatic carbocycles. The molecule has 0 unspecified atom stereocenters. The molecule has 0 saturated heterocycles. The van der Waals surface area contributed by atoms with Crippen molar-refractivity contribution < 1.29 is 19.1 Å². The second-order valence-electron chi connectivity index (χ2n) is 5.21. The van der Waals surface area contributed by atoms with Crippen molar-refractivity contribution >= 4 is 11.9 Å². The van der Waals surface area contributed by atoms with E-state index in [4.69, 9.17) is 9.47 Å². The van der Waals surface area contributed by atoms with Crippen LogP contribution in [0.1, 0.15) is 39.5 Å². The fraction of sp³-hybridized carbons (Fsp3) is 0.750. The highest BCUT2D eigenvalue weighted by Crippen LogP contribution is 2.12. The van der Waals surface area contributed by atoms with Crippen LogP contribution in [-0.2, 0) is 19.1 Å². The maximum atomic E-state index is 11.3. The molecule has 6 nitrogen and oxygen atoms in total. The summed E-state index contributed by atoms with van der Waals surface area (Å²) in [6.07, 6.45) is 2.21. The third-order valence-electron chi connectivity index (χ3n) is 3.37. The molecule has 0 aromatic heterocycles. The highest BCUT2D eigenvalue weighted by atomic mass is 16.5. The van der Waals surface area contributed by atoms with Crippen molar-refractivity contribution in [2.45, 2.75) is 39.5 Å². The maximum Gasteiger partial charge on any atom is 0.307 e. The summed E-state index contributed by atoms with van der Waals surface area (Å²) in [5.41, 5.74) is 2.35. The van der Waals surface area contributed by atoms with E-state index in [1.165, 1.54) is 11.1 Å². The predicted molar refractivity (Wildman–Crippen MR) is 86.6 cm³/mol. The SMILES string of the molecule is CNCCC(=O)OCC/C(C)=C(/C)CCOC(=O)CCNC. The lowest BCUT2D eigenvalue weighted by atomic mass is 10.1. The standard InChI is InChI=1S/C16H30N2O4/c1-13(7-11-21-15(19)5-9-17-3)14(2)8-12-22-16(20)6-10-18-4/h17-18H,5-12H2,1-4H3/b14-13-. The van der Waals surface area contributed by atoms with Crippen LogP contribution >= 0.6 is 0 Å². The van der Waals surface area contributed by atoms with Crippen molar-refractivity contribution in [2.24, 2.45) is 0 Å². The van der Waals surface area contributed by atoms with E-state index >= 15 is 0 Å². The van der Waals surface area contributed by atoms with E-state index in [0.717, 1.165) is 0 Å². The molecule has 0 saturated carbocycles. The number of ether oxygens (including phenoxy) is 2. The maximum absolute atomic E-state index is 11.3.